The summed E-state index contributed by atoms with van der Waals surface area (Å²) in [4.78, 5) is 32.0. The third-order valence-electron chi connectivity index (χ3n) is 4.65. The first kappa shape index (κ1) is 19.5. The third-order valence-corrected chi connectivity index (χ3v) is 4.65. The molecule has 2 aromatic carbocycles. The highest BCUT2D eigenvalue weighted by Crippen LogP contribution is 2.31. The van der Waals surface area contributed by atoms with Crippen molar-refractivity contribution in [1.29, 1.82) is 0 Å². The molecule has 10 heteroatoms. The van der Waals surface area contributed by atoms with Gasteiger partial charge in [-0.15, -0.1) is 0 Å². The molecule has 154 valence electrons. The van der Waals surface area contributed by atoms with Crippen LogP contribution in [-0.2, 0) is 0 Å². The van der Waals surface area contributed by atoms with E-state index < -0.39 is 34.2 Å². The number of amides is 1. The van der Waals surface area contributed by atoms with Crippen LogP contribution in [-0.4, -0.2) is 36.9 Å². The van der Waals surface area contributed by atoms with E-state index in [1.165, 1.54) is 0 Å². The van der Waals surface area contributed by atoms with E-state index in [-0.39, 0.29) is 17.0 Å². The van der Waals surface area contributed by atoms with Gasteiger partial charge in [-0.2, -0.15) is 5.10 Å². The highest BCUT2D eigenvalue weighted by Gasteiger charge is 2.30. The summed E-state index contributed by atoms with van der Waals surface area (Å²) in [5.41, 5.74) is -0.204. The van der Waals surface area contributed by atoms with Gasteiger partial charge in [0.1, 0.15) is 17.3 Å². The van der Waals surface area contributed by atoms with E-state index >= 15 is 0 Å². The highest BCUT2D eigenvalue weighted by molar-refractivity contribution is 5.97. The number of carboxylic acid groups (broad SMARTS) is 1. The monoisotopic (exact) mass is 413 g/mol. The molecule has 30 heavy (non-hydrogen) atoms. The van der Waals surface area contributed by atoms with Crippen LogP contribution in [0.4, 0.5) is 19.5 Å². The van der Waals surface area contributed by atoms with Crippen molar-refractivity contribution in [2.24, 2.45) is 0 Å². The number of nitrogens with zero attached hydrogens (tertiary/aromatic N) is 3. The van der Waals surface area contributed by atoms with Crippen LogP contribution >= 0.6 is 0 Å². The zero-order chi connectivity index (χ0) is 21.8. The second-order valence-corrected chi connectivity index (χ2v) is 7.76. The Morgan fingerprint density at radius 1 is 1.10 bits per heavy atom. The Morgan fingerprint density at radius 3 is 2.40 bits per heavy atom. The number of H-pyrrole nitrogens is 2. The van der Waals surface area contributed by atoms with Gasteiger partial charge in [-0.3, -0.25) is 4.79 Å². The first-order valence-corrected chi connectivity index (χ1v) is 8.97. The van der Waals surface area contributed by atoms with Gasteiger partial charge < -0.3 is 10.1 Å². The van der Waals surface area contributed by atoms with Crippen LogP contribution in [0.1, 0.15) is 20.8 Å². The van der Waals surface area contributed by atoms with Gasteiger partial charge >= 0.3 is 6.09 Å². The molecular weight excluding hydrogens is 396 g/mol. The normalized spacial score (nSPS) is 11.9. The number of anilines is 1. The quantitative estimate of drug-likeness (QED) is 0.459. The zero-order valence-electron chi connectivity index (χ0n) is 16.2. The van der Waals surface area contributed by atoms with Crippen LogP contribution in [0.3, 0.4) is 0 Å². The van der Waals surface area contributed by atoms with Crippen molar-refractivity contribution in [3.63, 3.8) is 0 Å². The lowest BCUT2D eigenvalue weighted by Crippen LogP contribution is -2.45. The number of fused-ring (bicyclic) bond motifs is 2. The molecule has 4 aromatic rings. The van der Waals surface area contributed by atoms with Gasteiger partial charge in [0.25, 0.3) is 5.56 Å². The van der Waals surface area contributed by atoms with Crippen molar-refractivity contribution < 1.29 is 18.7 Å². The van der Waals surface area contributed by atoms with Crippen molar-refractivity contribution in [3.8, 4) is 11.3 Å². The van der Waals surface area contributed by atoms with E-state index in [9.17, 15) is 23.5 Å². The molecule has 0 saturated carbocycles. The number of nitrogens with one attached hydrogen (secondary N) is 2. The Morgan fingerprint density at radius 2 is 1.77 bits per heavy atom. The number of rotatable bonds is 2. The fraction of sp³-hybridized carbons (Fsp3) is 0.200. The summed E-state index contributed by atoms with van der Waals surface area (Å²) in [6.07, 6.45) is -1.17. The summed E-state index contributed by atoms with van der Waals surface area (Å²) >= 11 is 0. The van der Waals surface area contributed by atoms with Gasteiger partial charge in [-0.25, -0.2) is 28.6 Å². The van der Waals surface area contributed by atoms with Crippen molar-refractivity contribution in [2.75, 3.05) is 4.90 Å². The Balaban J connectivity index is 1.92. The van der Waals surface area contributed by atoms with Crippen molar-refractivity contribution in [3.05, 3.63) is 52.3 Å². The molecule has 2 aromatic heterocycles. The molecule has 0 saturated heterocycles. The van der Waals surface area contributed by atoms with Gasteiger partial charge in [0, 0.05) is 11.1 Å². The number of hydrogen-bond acceptors (Lipinski definition) is 4. The maximum atomic E-state index is 14.5. The number of aromatic amines is 2. The van der Waals surface area contributed by atoms with Gasteiger partial charge in [0.15, 0.2) is 0 Å². The van der Waals surface area contributed by atoms with Gasteiger partial charge in [0.05, 0.1) is 21.8 Å². The van der Waals surface area contributed by atoms with Crippen LogP contribution in [0.2, 0.25) is 0 Å². The molecule has 0 radical (unpaired) electrons. The van der Waals surface area contributed by atoms with E-state index in [1.54, 1.807) is 39.0 Å². The molecule has 0 bridgehead atoms. The Bertz CT molecular complexity index is 1370. The molecule has 3 N–H and O–H groups in total. The molecule has 0 aliphatic rings. The van der Waals surface area contributed by atoms with E-state index in [2.05, 4.69) is 20.2 Å². The summed E-state index contributed by atoms with van der Waals surface area (Å²) < 4.78 is 28.6. The number of halogens is 2. The summed E-state index contributed by atoms with van der Waals surface area (Å²) in [5, 5.41) is 15.0. The summed E-state index contributed by atoms with van der Waals surface area (Å²) in [7, 11) is 0. The average Bonchev–Trinajstić information content (AvgIpc) is 3.05. The summed E-state index contributed by atoms with van der Waals surface area (Å²) in [6.45, 7) is 5.19. The molecule has 0 unspecified atom stereocenters. The number of imidazole rings is 1. The lowest BCUT2D eigenvalue weighted by atomic mass is 10.0. The predicted octanol–water partition coefficient (Wildman–Crippen LogP) is 4.03. The molecule has 0 aliphatic carbocycles. The zero-order valence-corrected chi connectivity index (χ0v) is 16.2. The van der Waals surface area contributed by atoms with Gasteiger partial charge in [-0.05, 0) is 45.0 Å². The van der Waals surface area contributed by atoms with Crippen LogP contribution in [0.15, 0.2) is 35.1 Å². The highest BCUT2D eigenvalue weighted by atomic mass is 19.1. The van der Waals surface area contributed by atoms with Crippen LogP contribution in [0.25, 0.3) is 33.1 Å². The second kappa shape index (κ2) is 6.61. The Labute approximate surface area is 168 Å². The molecule has 0 fully saturated rings. The summed E-state index contributed by atoms with van der Waals surface area (Å²) in [6, 6.07) is 6.58. The number of aromatic nitrogens is 4. The maximum Gasteiger partial charge on any atom is 0.414 e. The Hall–Kier alpha value is -3.82. The molecule has 0 aliphatic heterocycles. The van der Waals surface area contributed by atoms with E-state index in [0.717, 1.165) is 17.0 Å². The van der Waals surface area contributed by atoms with Gasteiger partial charge in [0.2, 0.25) is 5.95 Å². The second-order valence-electron chi connectivity index (χ2n) is 7.76. The minimum absolute atomic E-state index is 0.0468. The van der Waals surface area contributed by atoms with Crippen LogP contribution in [0.5, 0.6) is 0 Å². The maximum absolute atomic E-state index is 14.5. The molecule has 8 nitrogen and oxygen atoms in total. The molecule has 1 amide bonds. The lowest BCUT2D eigenvalue weighted by molar-refractivity contribution is 0.195. The molecule has 0 spiro atoms. The number of hydrogen-bond donors (Lipinski definition) is 3. The minimum Gasteiger partial charge on any atom is -0.465 e. The predicted molar refractivity (Wildman–Crippen MR) is 108 cm³/mol. The Kier molecular flexibility index (Phi) is 4.30. The van der Waals surface area contributed by atoms with Gasteiger partial charge in [-0.1, -0.05) is 6.07 Å². The first-order chi connectivity index (χ1) is 14.1. The largest absolute Gasteiger partial charge is 0.465 e. The van der Waals surface area contributed by atoms with E-state index in [0.29, 0.717) is 16.6 Å². The third kappa shape index (κ3) is 3.06. The fourth-order valence-electron chi connectivity index (χ4n) is 3.38. The van der Waals surface area contributed by atoms with Crippen LogP contribution in [0, 0.1) is 11.6 Å². The van der Waals surface area contributed by atoms with Crippen molar-refractivity contribution >= 4 is 33.8 Å². The molecule has 4 rings (SSSR count). The van der Waals surface area contributed by atoms with E-state index in [4.69, 9.17) is 0 Å². The average molecular weight is 413 g/mol. The smallest absolute Gasteiger partial charge is 0.414 e. The standard InChI is InChI=1S/C20H17F2N5O3/c1-20(2,3)27(19(29)30)18-23-12-7-4-9(8-13(12)24-18)16-14-10(21)5-6-11(22)15(14)17(28)26-25-16/h4-8H,1-3H3,(H,23,24)(H,26,28)(H,29,30). The van der Waals surface area contributed by atoms with Crippen molar-refractivity contribution in [1.82, 2.24) is 20.2 Å². The SMILES string of the molecule is CC(C)(C)N(C(=O)O)c1nc2ccc(-c3n[nH]c(=O)c4c(F)ccc(F)c34)cc2[nH]1. The lowest BCUT2D eigenvalue weighted by Gasteiger charge is -2.30. The van der Waals surface area contributed by atoms with Crippen molar-refractivity contribution in [2.45, 2.75) is 26.3 Å². The van der Waals surface area contributed by atoms with E-state index in [1.807, 2.05) is 0 Å². The van der Waals surface area contributed by atoms with Crippen LogP contribution < -0.4 is 10.5 Å². The topological polar surface area (TPSA) is 115 Å². The molecular formula is C20H17F2N5O3. The number of carbonyl (C=O) groups is 1. The molecule has 2 heterocycles. The first-order valence-electron chi connectivity index (χ1n) is 8.97. The summed E-state index contributed by atoms with van der Waals surface area (Å²) in [5.74, 6) is -1.52. The minimum atomic E-state index is -1.17. The fourth-order valence-corrected chi connectivity index (χ4v) is 3.38. The number of benzene rings is 2. The molecule has 0 atom stereocenters.